The molecule has 0 nitrogen and oxygen atoms in total. The van der Waals surface area contributed by atoms with Gasteiger partial charge in [0.05, 0.1) is 0 Å². The Labute approximate surface area is 84.7 Å². The number of unbranched alkanes of at least 4 members (excludes halogenated alkanes) is 4. The van der Waals surface area contributed by atoms with E-state index in [9.17, 15) is 0 Å². The van der Waals surface area contributed by atoms with E-state index in [1.54, 1.807) is 0 Å². The molecule has 0 amide bonds. The van der Waals surface area contributed by atoms with Crippen LogP contribution in [0.2, 0.25) is 0 Å². The highest BCUT2D eigenvalue weighted by atomic mass is 32.8. The van der Waals surface area contributed by atoms with Crippen molar-refractivity contribution >= 4 is 20.6 Å². The van der Waals surface area contributed by atoms with Gasteiger partial charge in [0.1, 0.15) is 0 Å². The Hall–Kier alpha value is 0.570. The fourth-order valence-corrected chi connectivity index (χ4v) is 3.09. The Bertz CT molecular complexity index is 98.4. The van der Waals surface area contributed by atoms with Crippen molar-refractivity contribution in [1.29, 1.82) is 0 Å². The Morgan fingerprint density at radius 3 is 1.58 bits per heavy atom. The molecule has 0 aliphatic rings. The van der Waals surface area contributed by atoms with Crippen LogP contribution in [0.4, 0.5) is 0 Å². The summed E-state index contributed by atoms with van der Waals surface area (Å²) in [5, 5.41) is 0. The molecule has 0 aromatic rings. The first-order valence-electron chi connectivity index (χ1n) is 5.16. The monoisotopic (exact) mass is 206 g/mol. The molecule has 0 rings (SSSR count). The van der Waals surface area contributed by atoms with E-state index in [2.05, 4.69) is 13.8 Å². The highest BCUT2D eigenvalue weighted by Crippen LogP contribution is 2.01. The van der Waals surface area contributed by atoms with Crippen molar-refractivity contribution in [1.82, 2.24) is 0 Å². The molecule has 0 spiro atoms. The van der Waals surface area contributed by atoms with E-state index >= 15 is 0 Å². The summed E-state index contributed by atoms with van der Waals surface area (Å²) in [6.45, 7) is 4.50. The quantitative estimate of drug-likeness (QED) is 0.548. The van der Waals surface area contributed by atoms with Crippen molar-refractivity contribution < 1.29 is 0 Å². The lowest BCUT2D eigenvalue weighted by Gasteiger charge is -2.03. The van der Waals surface area contributed by atoms with Gasteiger partial charge in [-0.05, 0) is 24.3 Å². The summed E-state index contributed by atoms with van der Waals surface area (Å²) in [4.78, 5) is 0. The zero-order valence-electron chi connectivity index (χ0n) is 8.47. The third-order valence-corrected chi connectivity index (χ3v) is 4.44. The van der Waals surface area contributed by atoms with Crippen LogP contribution in [0.3, 0.4) is 0 Å². The molecular weight excluding hydrogens is 184 g/mol. The van der Waals surface area contributed by atoms with Gasteiger partial charge in [0.25, 0.3) is 0 Å². The third-order valence-electron chi connectivity index (χ3n) is 1.95. The average molecular weight is 206 g/mol. The van der Waals surface area contributed by atoms with Crippen molar-refractivity contribution in [2.24, 2.45) is 0 Å². The lowest BCUT2D eigenvalue weighted by atomic mass is 10.3. The van der Waals surface area contributed by atoms with Gasteiger partial charge in [0, 0.05) is 0 Å². The molecule has 0 aliphatic heterocycles. The van der Waals surface area contributed by atoms with E-state index in [4.69, 9.17) is 11.2 Å². The molecule has 0 atom stereocenters. The first-order chi connectivity index (χ1) is 5.81. The lowest BCUT2D eigenvalue weighted by molar-refractivity contribution is 0.767. The van der Waals surface area contributed by atoms with E-state index < -0.39 is 0 Å². The third kappa shape index (κ3) is 8.66. The predicted octanol–water partition coefficient (Wildman–Crippen LogP) is 3.45. The van der Waals surface area contributed by atoms with Gasteiger partial charge in [-0.1, -0.05) is 50.7 Å². The molecule has 0 aromatic carbocycles. The summed E-state index contributed by atoms with van der Waals surface area (Å²) < 4.78 is 0. The van der Waals surface area contributed by atoms with Crippen molar-refractivity contribution in [3.63, 3.8) is 0 Å². The van der Waals surface area contributed by atoms with Crippen LogP contribution in [0.25, 0.3) is 0 Å². The van der Waals surface area contributed by atoms with E-state index in [0.717, 1.165) is 0 Å². The Morgan fingerprint density at radius 2 is 1.25 bits per heavy atom. The molecular formula is C10H22S2. The lowest BCUT2D eigenvalue weighted by Crippen LogP contribution is -2.01. The summed E-state index contributed by atoms with van der Waals surface area (Å²) in [7, 11) is 0.310. The molecule has 0 unspecified atom stereocenters. The standard InChI is InChI=1S/C10H22S2/c1-3-5-7-9-12(11)10-8-6-4-2/h3-10H2,1-2H3. The van der Waals surface area contributed by atoms with Gasteiger partial charge in [-0.2, -0.15) is 0 Å². The Kier molecular flexibility index (Phi) is 10.1. The Balaban J connectivity index is 3.10. The van der Waals surface area contributed by atoms with E-state index in [0.29, 0.717) is 9.45 Å². The van der Waals surface area contributed by atoms with Crippen LogP contribution < -0.4 is 0 Å². The first kappa shape index (κ1) is 12.6. The van der Waals surface area contributed by atoms with Crippen LogP contribution in [-0.4, -0.2) is 11.5 Å². The second kappa shape index (κ2) is 9.66. The summed E-state index contributed by atoms with van der Waals surface area (Å²) >= 11 is 5.39. The maximum absolute atomic E-state index is 5.39. The van der Waals surface area contributed by atoms with Crippen molar-refractivity contribution in [3.8, 4) is 0 Å². The van der Waals surface area contributed by atoms with Crippen LogP contribution in [0, 0.1) is 0 Å². The van der Waals surface area contributed by atoms with E-state index in [-0.39, 0.29) is 0 Å². The molecule has 0 aromatic heterocycles. The molecule has 0 heterocycles. The summed E-state index contributed by atoms with van der Waals surface area (Å²) in [5.74, 6) is 2.60. The minimum absolute atomic E-state index is 0.310. The van der Waals surface area contributed by atoms with Crippen molar-refractivity contribution in [3.05, 3.63) is 0 Å². The molecule has 0 N–H and O–H groups in total. The van der Waals surface area contributed by atoms with Gasteiger partial charge >= 0.3 is 0 Å². The maximum atomic E-state index is 5.39. The van der Waals surface area contributed by atoms with Gasteiger partial charge in [0.2, 0.25) is 0 Å². The number of hydrogen-bond donors (Lipinski definition) is 0. The van der Waals surface area contributed by atoms with Gasteiger partial charge < -0.3 is 0 Å². The molecule has 0 saturated heterocycles. The van der Waals surface area contributed by atoms with Gasteiger partial charge in [-0.25, -0.2) is 0 Å². The molecule has 12 heavy (non-hydrogen) atoms. The SMILES string of the molecule is CCCCCS(=S)CCCCC. The largest absolute Gasteiger partial charge is 0.122 e. The van der Waals surface area contributed by atoms with Gasteiger partial charge in [0.15, 0.2) is 0 Å². The van der Waals surface area contributed by atoms with Gasteiger partial charge in [-0.3, -0.25) is 0 Å². The topological polar surface area (TPSA) is 0 Å². The van der Waals surface area contributed by atoms with Crippen LogP contribution >= 0.6 is 0 Å². The molecule has 0 aliphatic carbocycles. The highest BCUT2D eigenvalue weighted by Gasteiger charge is 1.94. The zero-order valence-corrected chi connectivity index (χ0v) is 10.1. The molecule has 2 heteroatoms. The maximum Gasteiger partial charge on any atom is -0.00209 e. The molecule has 0 fully saturated rings. The minimum Gasteiger partial charge on any atom is -0.122 e. The van der Waals surface area contributed by atoms with Gasteiger partial charge in [-0.15, -0.1) is 9.45 Å². The van der Waals surface area contributed by atoms with Crippen LogP contribution in [-0.2, 0) is 20.6 Å². The predicted molar refractivity (Wildman–Crippen MR) is 63.5 cm³/mol. The fraction of sp³-hybridized carbons (Fsp3) is 1.00. The highest BCUT2D eigenvalue weighted by molar-refractivity contribution is 8.28. The summed E-state index contributed by atoms with van der Waals surface area (Å²) in [6.07, 6.45) is 8.09. The van der Waals surface area contributed by atoms with E-state index in [1.165, 1.54) is 50.0 Å². The number of hydrogen-bond acceptors (Lipinski definition) is 1. The van der Waals surface area contributed by atoms with Crippen LogP contribution in [0.5, 0.6) is 0 Å². The van der Waals surface area contributed by atoms with Crippen molar-refractivity contribution in [2.45, 2.75) is 52.4 Å². The van der Waals surface area contributed by atoms with Crippen LogP contribution in [0.15, 0.2) is 0 Å². The summed E-state index contributed by atoms with van der Waals surface area (Å²) in [6, 6.07) is 0. The normalized spacial score (nSPS) is 10.9. The van der Waals surface area contributed by atoms with E-state index in [1.807, 2.05) is 0 Å². The smallest absolute Gasteiger partial charge is 0.00209 e. The summed E-state index contributed by atoms with van der Waals surface area (Å²) in [5.41, 5.74) is 0. The Morgan fingerprint density at radius 1 is 0.833 bits per heavy atom. The second-order valence-corrected chi connectivity index (χ2v) is 6.37. The second-order valence-electron chi connectivity index (χ2n) is 3.26. The zero-order chi connectivity index (χ0) is 9.23. The molecule has 0 radical (unpaired) electrons. The first-order valence-corrected chi connectivity index (χ1v) is 7.65. The molecule has 0 saturated carbocycles. The molecule has 74 valence electrons. The number of rotatable bonds is 8. The molecule has 0 bridgehead atoms. The minimum atomic E-state index is 0.310. The van der Waals surface area contributed by atoms with Crippen molar-refractivity contribution in [2.75, 3.05) is 11.5 Å². The fourth-order valence-electron chi connectivity index (χ4n) is 1.13. The van der Waals surface area contributed by atoms with Crippen LogP contribution in [0.1, 0.15) is 52.4 Å². The average Bonchev–Trinajstić information content (AvgIpc) is 2.06.